The van der Waals surface area contributed by atoms with Gasteiger partial charge >= 0.3 is 0 Å². The van der Waals surface area contributed by atoms with Crippen LogP contribution in [0.15, 0.2) is 35.4 Å². The Hall–Kier alpha value is -1.28. The average Bonchev–Trinajstić information content (AvgIpc) is 2.42. The fourth-order valence-corrected chi connectivity index (χ4v) is 3.28. The third kappa shape index (κ3) is 2.44. The summed E-state index contributed by atoms with van der Waals surface area (Å²) in [6.45, 7) is 1.13. The van der Waals surface area contributed by atoms with Crippen molar-refractivity contribution in [1.82, 2.24) is 5.32 Å². The second kappa shape index (κ2) is 5.15. The summed E-state index contributed by atoms with van der Waals surface area (Å²) in [5.41, 5.74) is 4.72. The van der Waals surface area contributed by atoms with Crippen LogP contribution in [0, 0.1) is 0 Å². The molecule has 2 nitrogen and oxygen atoms in total. The lowest BCUT2D eigenvalue weighted by Crippen LogP contribution is -2.39. The van der Waals surface area contributed by atoms with Gasteiger partial charge in [-0.3, -0.25) is 0 Å². The first-order valence-electron chi connectivity index (χ1n) is 7.05. The van der Waals surface area contributed by atoms with Gasteiger partial charge in [-0.15, -0.1) is 0 Å². The summed E-state index contributed by atoms with van der Waals surface area (Å²) in [5, 5.41) is 13.0. The van der Waals surface area contributed by atoms with Crippen LogP contribution in [0.1, 0.15) is 37.7 Å². The molecule has 2 N–H and O–H groups in total. The zero-order valence-corrected chi connectivity index (χ0v) is 10.8. The molecule has 2 aliphatic rings. The van der Waals surface area contributed by atoms with Gasteiger partial charge in [0.1, 0.15) is 5.75 Å². The van der Waals surface area contributed by atoms with Crippen LogP contribution < -0.4 is 5.32 Å². The lowest BCUT2D eigenvalue weighted by molar-refractivity contribution is 0.470. The maximum Gasteiger partial charge on any atom is 0.115 e. The molecule has 0 radical (unpaired) electrons. The first kappa shape index (κ1) is 11.8. The second-order valence-electron chi connectivity index (χ2n) is 5.46. The molecule has 0 bridgehead atoms. The molecule has 1 aliphatic heterocycles. The van der Waals surface area contributed by atoms with Gasteiger partial charge in [0.25, 0.3) is 0 Å². The lowest BCUT2D eigenvalue weighted by Gasteiger charge is -2.33. The fraction of sp³-hybridized carbons (Fsp3) is 0.500. The SMILES string of the molecule is Oc1ccc(C[C@@H]2NCCC3=C2CCCC3)cc1. The number of aromatic hydroxyl groups is 1. The van der Waals surface area contributed by atoms with Crippen molar-refractivity contribution in [2.45, 2.75) is 44.6 Å². The summed E-state index contributed by atoms with van der Waals surface area (Å²) in [6, 6.07) is 8.17. The number of phenols is 1. The van der Waals surface area contributed by atoms with Gasteiger partial charge in [-0.25, -0.2) is 0 Å². The standard InChI is InChI=1S/C16H21NO/c18-14-7-5-12(6-8-14)11-16-15-4-2-1-3-13(15)9-10-17-16/h5-8,16-18H,1-4,9-11H2/t16-/m0/s1. The van der Waals surface area contributed by atoms with Gasteiger partial charge in [-0.2, -0.15) is 0 Å². The molecule has 1 aliphatic carbocycles. The predicted octanol–water partition coefficient (Wildman–Crippen LogP) is 3.17. The second-order valence-corrected chi connectivity index (χ2v) is 5.46. The van der Waals surface area contributed by atoms with Crippen molar-refractivity contribution in [3.05, 3.63) is 41.0 Å². The van der Waals surface area contributed by atoms with E-state index in [4.69, 9.17) is 0 Å². The quantitative estimate of drug-likeness (QED) is 0.782. The van der Waals surface area contributed by atoms with Crippen molar-refractivity contribution in [3.8, 4) is 5.75 Å². The third-order valence-electron chi connectivity index (χ3n) is 4.24. The summed E-state index contributed by atoms with van der Waals surface area (Å²) in [5.74, 6) is 0.355. The van der Waals surface area contributed by atoms with Crippen LogP contribution in [0.25, 0.3) is 0 Å². The monoisotopic (exact) mass is 243 g/mol. The Bertz CT molecular complexity index is 443. The van der Waals surface area contributed by atoms with Crippen LogP contribution in [-0.2, 0) is 6.42 Å². The van der Waals surface area contributed by atoms with E-state index in [1.807, 2.05) is 12.1 Å². The van der Waals surface area contributed by atoms with E-state index in [0.717, 1.165) is 13.0 Å². The van der Waals surface area contributed by atoms with Crippen molar-refractivity contribution in [3.63, 3.8) is 0 Å². The predicted molar refractivity (Wildman–Crippen MR) is 73.7 cm³/mol. The van der Waals surface area contributed by atoms with E-state index in [1.165, 1.54) is 37.7 Å². The fourth-order valence-electron chi connectivity index (χ4n) is 3.28. The van der Waals surface area contributed by atoms with Crippen LogP contribution in [0.4, 0.5) is 0 Å². The molecule has 1 aromatic rings. The van der Waals surface area contributed by atoms with Crippen LogP contribution in [0.5, 0.6) is 5.75 Å². The number of nitrogens with one attached hydrogen (secondary N) is 1. The minimum Gasteiger partial charge on any atom is -0.508 e. The van der Waals surface area contributed by atoms with Gasteiger partial charge in [0.15, 0.2) is 0 Å². The third-order valence-corrected chi connectivity index (χ3v) is 4.24. The van der Waals surface area contributed by atoms with E-state index in [9.17, 15) is 5.11 Å². The molecule has 2 heteroatoms. The summed E-state index contributed by atoms with van der Waals surface area (Å²) in [4.78, 5) is 0. The minimum atomic E-state index is 0.355. The van der Waals surface area contributed by atoms with Crippen molar-refractivity contribution in [2.75, 3.05) is 6.54 Å². The van der Waals surface area contributed by atoms with Gasteiger partial charge < -0.3 is 10.4 Å². The zero-order valence-electron chi connectivity index (χ0n) is 10.8. The Morgan fingerprint density at radius 3 is 2.67 bits per heavy atom. The Morgan fingerprint density at radius 2 is 1.83 bits per heavy atom. The zero-order chi connectivity index (χ0) is 12.4. The highest BCUT2D eigenvalue weighted by molar-refractivity contribution is 5.31. The van der Waals surface area contributed by atoms with E-state index in [1.54, 1.807) is 23.3 Å². The highest BCUT2D eigenvalue weighted by atomic mass is 16.3. The minimum absolute atomic E-state index is 0.355. The smallest absolute Gasteiger partial charge is 0.115 e. The lowest BCUT2D eigenvalue weighted by atomic mass is 9.81. The van der Waals surface area contributed by atoms with Crippen LogP contribution in [0.2, 0.25) is 0 Å². The van der Waals surface area contributed by atoms with Gasteiger partial charge in [-0.1, -0.05) is 23.3 Å². The van der Waals surface area contributed by atoms with Crippen molar-refractivity contribution >= 4 is 0 Å². The van der Waals surface area contributed by atoms with Crippen molar-refractivity contribution < 1.29 is 5.11 Å². The van der Waals surface area contributed by atoms with Gasteiger partial charge in [0.05, 0.1) is 0 Å². The Labute approximate surface area is 109 Å². The molecular formula is C16H21NO. The molecule has 0 amide bonds. The van der Waals surface area contributed by atoms with Crippen LogP contribution in [-0.4, -0.2) is 17.7 Å². The maximum absolute atomic E-state index is 9.32. The molecule has 18 heavy (non-hydrogen) atoms. The molecule has 96 valence electrons. The van der Waals surface area contributed by atoms with E-state index in [2.05, 4.69) is 5.32 Å². The number of rotatable bonds is 2. The topological polar surface area (TPSA) is 32.3 Å². The molecule has 0 unspecified atom stereocenters. The molecule has 0 spiro atoms. The van der Waals surface area contributed by atoms with E-state index in [0.29, 0.717) is 11.8 Å². The van der Waals surface area contributed by atoms with E-state index >= 15 is 0 Å². The molecule has 0 saturated carbocycles. The number of hydrogen-bond donors (Lipinski definition) is 2. The Kier molecular flexibility index (Phi) is 3.37. The summed E-state index contributed by atoms with van der Waals surface area (Å²) >= 11 is 0. The van der Waals surface area contributed by atoms with Crippen LogP contribution >= 0.6 is 0 Å². The number of hydrogen-bond acceptors (Lipinski definition) is 2. The van der Waals surface area contributed by atoms with Gasteiger partial charge in [0, 0.05) is 6.04 Å². The molecule has 0 saturated heterocycles. The van der Waals surface area contributed by atoms with Gasteiger partial charge in [-0.05, 0) is 62.8 Å². The summed E-state index contributed by atoms with van der Waals surface area (Å²) < 4.78 is 0. The van der Waals surface area contributed by atoms with E-state index < -0.39 is 0 Å². The molecule has 1 atom stereocenters. The Morgan fingerprint density at radius 1 is 1.06 bits per heavy atom. The number of benzene rings is 1. The molecule has 1 aromatic carbocycles. The molecule has 0 aromatic heterocycles. The number of phenolic OH excluding ortho intramolecular Hbond substituents is 1. The normalized spacial score (nSPS) is 23.9. The molecule has 0 fully saturated rings. The summed E-state index contributed by atoms with van der Waals surface area (Å²) in [6.07, 6.45) is 7.64. The summed E-state index contributed by atoms with van der Waals surface area (Å²) in [7, 11) is 0. The first-order chi connectivity index (χ1) is 8.83. The first-order valence-corrected chi connectivity index (χ1v) is 7.05. The highest BCUT2D eigenvalue weighted by Gasteiger charge is 2.24. The molecule has 3 rings (SSSR count). The largest absolute Gasteiger partial charge is 0.508 e. The Balaban J connectivity index is 1.77. The van der Waals surface area contributed by atoms with Crippen LogP contribution in [0.3, 0.4) is 0 Å². The van der Waals surface area contributed by atoms with Gasteiger partial charge in [0.2, 0.25) is 0 Å². The maximum atomic E-state index is 9.32. The average molecular weight is 243 g/mol. The highest BCUT2D eigenvalue weighted by Crippen LogP contribution is 2.32. The van der Waals surface area contributed by atoms with Crippen molar-refractivity contribution in [2.24, 2.45) is 0 Å². The van der Waals surface area contributed by atoms with Crippen molar-refractivity contribution in [1.29, 1.82) is 0 Å². The molecule has 1 heterocycles. The van der Waals surface area contributed by atoms with E-state index in [-0.39, 0.29) is 0 Å². The molecular weight excluding hydrogens is 222 g/mol.